The van der Waals surface area contributed by atoms with E-state index in [9.17, 15) is 9.59 Å². The quantitative estimate of drug-likeness (QED) is 0.547. The molecule has 0 aliphatic heterocycles. The SMILES string of the molecule is C=CC(=O)CCCC(=O)CC. The normalized spacial score (nSPS) is 9.18. The summed E-state index contributed by atoms with van der Waals surface area (Å²) in [4.78, 5) is 21.4. The van der Waals surface area contributed by atoms with E-state index in [-0.39, 0.29) is 11.6 Å². The highest BCUT2D eigenvalue weighted by Crippen LogP contribution is 1.99. The molecule has 0 spiro atoms. The fourth-order valence-corrected chi connectivity index (χ4v) is 0.739. The van der Waals surface area contributed by atoms with Gasteiger partial charge in [-0.2, -0.15) is 0 Å². The van der Waals surface area contributed by atoms with Gasteiger partial charge < -0.3 is 0 Å². The van der Waals surface area contributed by atoms with Gasteiger partial charge in [0.2, 0.25) is 0 Å². The highest BCUT2D eigenvalue weighted by Gasteiger charge is 1.99. The minimum atomic E-state index is 0.0221. The molecule has 0 aromatic heterocycles. The summed E-state index contributed by atoms with van der Waals surface area (Å²) in [6, 6.07) is 0. The van der Waals surface area contributed by atoms with Crippen LogP contribution in [0.2, 0.25) is 0 Å². The number of allylic oxidation sites excluding steroid dienone is 1. The van der Waals surface area contributed by atoms with Gasteiger partial charge in [0.1, 0.15) is 5.78 Å². The van der Waals surface area contributed by atoms with Gasteiger partial charge in [-0.15, -0.1) is 0 Å². The number of Topliss-reactive ketones (excluding diaryl/α,β-unsaturated/α-hetero) is 1. The molecule has 0 N–H and O–H groups in total. The Morgan fingerprint density at radius 1 is 1.36 bits per heavy atom. The van der Waals surface area contributed by atoms with Crippen LogP contribution in [0, 0.1) is 0 Å². The zero-order chi connectivity index (χ0) is 8.69. The summed E-state index contributed by atoms with van der Waals surface area (Å²) in [5.41, 5.74) is 0. The van der Waals surface area contributed by atoms with Crippen LogP contribution >= 0.6 is 0 Å². The van der Waals surface area contributed by atoms with E-state index in [1.807, 2.05) is 6.92 Å². The van der Waals surface area contributed by atoms with E-state index in [0.717, 1.165) is 0 Å². The Balaban J connectivity index is 3.34. The zero-order valence-electron chi connectivity index (χ0n) is 6.93. The van der Waals surface area contributed by atoms with Crippen LogP contribution in [0.1, 0.15) is 32.6 Å². The van der Waals surface area contributed by atoms with Crippen LogP contribution in [-0.4, -0.2) is 11.6 Å². The first-order chi connectivity index (χ1) is 5.20. The predicted molar refractivity (Wildman–Crippen MR) is 44.4 cm³/mol. The second-order valence-corrected chi connectivity index (χ2v) is 2.42. The van der Waals surface area contributed by atoms with Gasteiger partial charge in [0.15, 0.2) is 5.78 Å². The van der Waals surface area contributed by atoms with Crippen molar-refractivity contribution in [1.82, 2.24) is 0 Å². The fourth-order valence-electron chi connectivity index (χ4n) is 0.739. The van der Waals surface area contributed by atoms with Crippen LogP contribution < -0.4 is 0 Å². The molecule has 0 unspecified atom stereocenters. The lowest BCUT2D eigenvalue weighted by Crippen LogP contribution is -1.97. The molecule has 11 heavy (non-hydrogen) atoms. The van der Waals surface area contributed by atoms with Crippen molar-refractivity contribution in [3.05, 3.63) is 12.7 Å². The Labute approximate surface area is 67.3 Å². The van der Waals surface area contributed by atoms with Gasteiger partial charge in [0.25, 0.3) is 0 Å². The molecule has 0 aliphatic rings. The van der Waals surface area contributed by atoms with Crippen LogP contribution in [0.3, 0.4) is 0 Å². The monoisotopic (exact) mass is 154 g/mol. The summed E-state index contributed by atoms with van der Waals surface area (Å²) < 4.78 is 0. The van der Waals surface area contributed by atoms with Crippen molar-refractivity contribution < 1.29 is 9.59 Å². The number of hydrogen-bond acceptors (Lipinski definition) is 2. The molecule has 0 saturated carbocycles. The molecule has 0 aliphatic carbocycles. The minimum Gasteiger partial charge on any atom is -0.300 e. The Morgan fingerprint density at radius 3 is 2.45 bits per heavy atom. The van der Waals surface area contributed by atoms with Gasteiger partial charge in [-0.05, 0) is 12.5 Å². The first-order valence-electron chi connectivity index (χ1n) is 3.87. The van der Waals surface area contributed by atoms with E-state index < -0.39 is 0 Å². The molecule has 62 valence electrons. The van der Waals surface area contributed by atoms with Gasteiger partial charge in [-0.25, -0.2) is 0 Å². The Morgan fingerprint density at radius 2 is 2.00 bits per heavy atom. The second-order valence-electron chi connectivity index (χ2n) is 2.42. The zero-order valence-corrected chi connectivity index (χ0v) is 6.93. The number of rotatable bonds is 6. The molecule has 0 rings (SSSR count). The van der Waals surface area contributed by atoms with Crippen molar-refractivity contribution in [2.24, 2.45) is 0 Å². The Kier molecular flexibility index (Phi) is 5.35. The molecule has 0 fully saturated rings. The molecule has 0 saturated heterocycles. The summed E-state index contributed by atoms with van der Waals surface area (Å²) in [5, 5.41) is 0. The molecule has 2 nitrogen and oxygen atoms in total. The van der Waals surface area contributed by atoms with E-state index in [4.69, 9.17) is 0 Å². The molecule has 0 aromatic rings. The number of ketones is 2. The first-order valence-corrected chi connectivity index (χ1v) is 3.87. The van der Waals surface area contributed by atoms with Gasteiger partial charge in [0, 0.05) is 19.3 Å². The van der Waals surface area contributed by atoms with Crippen molar-refractivity contribution in [1.29, 1.82) is 0 Å². The maximum atomic E-state index is 10.7. The third-order valence-corrected chi connectivity index (χ3v) is 1.50. The van der Waals surface area contributed by atoms with Crippen LogP contribution in [0.4, 0.5) is 0 Å². The van der Waals surface area contributed by atoms with Crippen molar-refractivity contribution in [3.8, 4) is 0 Å². The number of carbonyl (C=O) groups is 2. The van der Waals surface area contributed by atoms with Gasteiger partial charge >= 0.3 is 0 Å². The summed E-state index contributed by atoms with van der Waals surface area (Å²) in [6.07, 6.45) is 3.52. The lowest BCUT2D eigenvalue weighted by molar-refractivity contribution is -0.119. The fraction of sp³-hybridized carbons (Fsp3) is 0.556. The molecule has 0 amide bonds. The van der Waals surface area contributed by atoms with E-state index in [0.29, 0.717) is 25.7 Å². The summed E-state index contributed by atoms with van der Waals surface area (Å²) in [7, 11) is 0. The molecular weight excluding hydrogens is 140 g/mol. The third-order valence-electron chi connectivity index (χ3n) is 1.50. The molecule has 0 atom stereocenters. The maximum absolute atomic E-state index is 10.7. The lowest BCUT2D eigenvalue weighted by atomic mass is 10.1. The van der Waals surface area contributed by atoms with Crippen molar-refractivity contribution in [2.75, 3.05) is 0 Å². The highest BCUT2D eigenvalue weighted by atomic mass is 16.1. The van der Waals surface area contributed by atoms with Gasteiger partial charge in [0.05, 0.1) is 0 Å². The number of hydrogen-bond donors (Lipinski definition) is 0. The predicted octanol–water partition coefficient (Wildman–Crippen LogP) is 1.89. The van der Waals surface area contributed by atoms with Crippen molar-refractivity contribution in [2.45, 2.75) is 32.6 Å². The molecule has 0 bridgehead atoms. The lowest BCUT2D eigenvalue weighted by Gasteiger charge is -1.94. The molecule has 0 heterocycles. The third kappa shape index (κ3) is 5.52. The second kappa shape index (κ2) is 5.83. The Bertz CT molecular complexity index is 159. The minimum absolute atomic E-state index is 0.0221. The van der Waals surface area contributed by atoms with Gasteiger partial charge in [-0.1, -0.05) is 13.5 Å². The smallest absolute Gasteiger partial charge is 0.155 e. The standard InChI is InChI=1S/C9H14O2/c1-3-8(10)6-5-7-9(11)4-2/h3H,1,4-7H2,2H3. The summed E-state index contributed by atoms with van der Waals surface area (Å²) in [5.74, 6) is 0.246. The average Bonchev–Trinajstić information content (AvgIpc) is 2.04. The van der Waals surface area contributed by atoms with E-state index >= 15 is 0 Å². The van der Waals surface area contributed by atoms with Gasteiger partial charge in [-0.3, -0.25) is 9.59 Å². The van der Waals surface area contributed by atoms with Crippen LogP contribution in [-0.2, 0) is 9.59 Å². The molecule has 0 aromatic carbocycles. The first kappa shape index (κ1) is 10.1. The number of carbonyl (C=O) groups excluding carboxylic acids is 2. The maximum Gasteiger partial charge on any atom is 0.155 e. The molecule has 2 heteroatoms. The van der Waals surface area contributed by atoms with Crippen LogP contribution in [0.5, 0.6) is 0 Å². The van der Waals surface area contributed by atoms with E-state index in [1.165, 1.54) is 6.08 Å². The molecule has 0 radical (unpaired) electrons. The topological polar surface area (TPSA) is 34.1 Å². The van der Waals surface area contributed by atoms with Crippen molar-refractivity contribution >= 4 is 11.6 Å². The average molecular weight is 154 g/mol. The summed E-state index contributed by atoms with van der Waals surface area (Å²) in [6.45, 7) is 5.18. The summed E-state index contributed by atoms with van der Waals surface area (Å²) >= 11 is 0. The van der Waals surface area contributed by atoms with E-state index in [1.54, 1.807) is 0 Å². The Hall–Kier alpha value is -0.920. The highest BCUT2D eigenvalue weighted by molar-refractivity contribution is 5.89. The van der Waals surface area contributed by atoms with Crippen LogP contribution in [0.25, 0.3) is 0 Å². The molecular formula is C9H14O2. The largest absolute Gasteiger partial charge is 0.300 e. The van der Waals surface area contributed by atoms with E-state index in [2.05, 4.69) is 6.58 Å². The van der Waals surface area contributed by atoms with Crippen LogP contribution in [0.15, 0.2) is 12.7 Å². The van der Waals surface area contributed by atoms with Crippen molar-refractivity contribution in [3.63, 3.8) is 0 Å².